The van der Waals surface area contributed by atoms with Gasteiger partial charge in [0.2, 0.25) is 0 Å². The molecule has 0 saturated heterocycles. The molecule has 6 nitrogen and oxygen atoms in total. The molecule has 0 radical (unpaired) electrons. The fraction of sp³-hybridized carbons (Fsp3) is 0.176. The Kier molecular flexibility index (Phi) is 5.81. The third kappa shape index (κ3) is 5.04. The standard InChI is InChI=1S/C17H16ClNO5S/c1-11-5-7-16(14(18)9-11)25(23,24)19-13-4-2-3-12(10-13)15(20)6-8-17(21)22/h2-5,7,9-10,19H,6,8H2,1H3,(H,21,22). The van der Waals surface area contributed by atoms with Crippen LogP contribution in [0.3, 0.4) is 0 Å². The van der Waals surface area contributed by atoms with Crippen LogP contribution >= 0.6 is 11.6 Å². The second kappa shape index (κ2) is 7.67. The number of sulfonamides is 1. The van der Waals surface area contributed by atoms with Crippen LogP contribution < -0.4 is 4.72 Å². The van der Waals surface area contributed by atoms with Crippen LogP contribution in [0.5, 0.6) is 0 Å². The summed E-state index contributed by atoms with van der Waals surface area (Å²) in [6, 6.07) is 10.5. The van der Waals surface area contributed by atoms with E-state index in [2.05, 4.69) is 4.72 Å². The van der Waals surface area contributed by atoms with E-state index < -0.39 is 16.0 Å². The summed E-state index contributed by atoms with van der Waals surface area (Å²) in [7, 11) is -3.92. The van der Waals surface area contributed by atoms with E-state index >= 15 is 0 Å². The molecule has 0 heterocycles. The van der Waals surface area contributed by atoms with E-state index in [4.69, 9.17) is 16.7 Å². The summed E-state index contributed by atoms with van der Waals surface area (Å²) in [6.45, 7) is 1.79. The molecular weight excluding hydrogens is 366 g/mol. The van der Waals surface area contributed by atoms with Crippen molar-refractivity contribution in [3.8, 4) is 0 Å². The number of rotatable bonds is 7. The summed E-state index contributed by atoms with van der Waals surface area (Å²) >= 11 is 6.00. The van der Waals surface area contributed by atoms with E-state index in [9.17, 15) is 18.0 Å². The molecule has 2 rings (SSSR count). The number of anilines is 1. The minimum atomic E-state index is -3.92. The van der Waals surface area contributed by atoms with Gasteiger partial charge < -0.3 is 5.11 Å². The molecule has 2 aromatic rings. The lowest BCUT2D eigenvalue weighted by Gasteiger charge is -2.11. The van der Waals surface area contributed by atoms with Crippen LogP contribution in [0.1, 0.15) is 28.8 Å². The van der Waals surface area contributed by atoms with Crippen molar-refractivity contribution >= 4 is 39.1 Å². The van der Waals surface area contributed by atoms with Crippen molar-refractivity contribution in [1.82, 2.24) is 0 Å². The number of benzene rings is 2. The number of carbonyl (C=O) groups is 2. The third-order valence-corrected chi connectivity index (χ3v) is 5.24. The minimum Gasteiger partial charge on any atom is -0.481 e. The molecule has 0 aliphatic carbocycles. The summed E-state index contributed by atoms with van der Waals surface area (Å²) in [5, 5.41) is 8.73. The highest BCUT2D eigenvalue weighted by atomic mass is 35.5. The number of carboxylic acid groups (broad SMARTS) is 1. The van der Waals surface area contributed by atoms with Crippen LogP contribution in [-0.4, -0.2) is 25.3 Å². The molecule has 0 saturated carbocycles. The first-order chi connectivity index (χ1) is 11.7. The van der Waals surface area contributed by atoms with Gasteiger partial charge in [0.1, 0.15) is 4.90 Å². The van der Waals surface area contributed by atoms with Gasteiger partial charge in [-0.1, -0.05) is 29.8 Å². The Balaban J connectivity index is 2.23. The number of nitrogens with one attached hydrogen (secondary N) is 1. The van der Waals surface area contributed by atoms with Gasteiger partial charge in [0.05, 0.1) is 11.4 Å². The summed E-state index contributed by atoms with van der Waals surface area (Å²) in [5.41, 5.74) is 1.25. The van der Waals surface area contributed by atoms with Crippen molar-refractivity contribution in [2.75, 3.05) is 4.72 Å². The van der Waals surface area contributed by atoms with Crippen LogP contribution in [0.15, 0.2) is 47.4 Å². The zero-order valence-electron chi connectivity index (χ0n) is 13.3. The maximum atomic E-state index is 12.5. The monoisotopic (exact) mass is 381 g/mol. The highest BCUT2D eigenvalue weighted by Crippen LogP contribution is 2.25. The van der Waals surface area contributed by atoms with E-state index in [0.717, 1.165) is 5.56 Å². The first kappa shape index (κ1) is 19.0. The number of hydrogen-bond acceptors (Lipinski definition) is 4. The Hall–Kier alpha value is -2.38. The van der Waals surface area contributed by atoms with Gasteiger partial charge in [0.15, 0.2) is 5.78 Å². The molecule has 2 N–H and O–H groups in total. The number of aliphatic carboxylic acids is 1. The SMILES string of the molecule is Cc1ccc(S(=O)(=O)Nc2cccc(C(=O)CCC(=O)O)c2)c(Cl)c1. The summed E-state index contributed by atoms with van der Waals surface area (Å²) in [6.07, 6.45) is -0.441. The molecule has 0 unspecified atom stereocenters. The number of halogens is 1. The van der Waals surface area contributed by atoms with Crippen LogP contribution in [0.25, 0.3) is 0 Å². The average Bonchev–Trinajstić information content (AvgIpc) is 2.52. The van der Waals surface area contributed by atoms with E-state index in [-0.39, 0.29) is 39.8 Å². The van der Waals surface area contributed by atoms with Crippen LogP contribution in [0.2, 0.25) is 5.02 Å². The zero-order valence-corrected chi connectivity index (χ0v) is 14.9. The van der Waals surface area contributed by atoms with Gasteiger partial charge in [-0.15, -0.1) is 0 Å². The second-order valence-corrected chi connectivity index (χ2v) is 7.50. The maximum absolute atomic E-state index is 12.5. The largest absolute Gasteiger partial charge is 0.481 e. The molecule has 8 heteroatoms. The summed E-state index contributed by atoms with van der Waals surface area (Å²) in [4.78, 5) is 22.4. The Morgan fingerprint density at radius 2 is 1.84 bits per heavy atom. The number of aryl methyl sites for hydroxylation is 1. The zero-order chi connectivity index (χ0) is 18.6. The molecule has 0 atom stereocenters. The Morgan fingerprint density at radius 1 is 1.12 bits per heavy atom. The highest BCUT2D eigenvalue weighted by molar-refractivity contribution is 7.92. The minimum absolute atomic E-state index is 0.0672. The summed E-state index contributed by atoms with van der Waals surface area (Å²) in [5.74, 6) is -1.45. The van der Waals surface area contributed by atoms with Gasteiger partial charge in [0.25, 0.3) is 10.0 Å². The molecule has 0 aliphatic heterocycles. The number of carbonyl (C=O) groups excluding carboxylic acids is 1. The van der Waals surface area contributed by atoms with E-state index in [1.165, 1.54) is 30.3 Å². The lowest BCUT2D eigenvalue weighted by atomic mass is 10.1. The smallest absolute Gasteiger partial charge is 0.303 e. The molecule has 0 aromatic heterocycles. The van der Waals surface area contributed by atoms with Crippen molar-refractivity contribution in [1.29, 1.82) is 0 Å². The van der Waals surface area contributed by atoms with E-state index in [0.29, 0.717) is 0 Å². The fourth-order valence-electron chi connectivity index (χ4n) is 2.15. The summed E-state index contributed by atoms with van der Waals surface area (Å²) < 4.78 is 27.3. The highest BCUT2D eigenvalue weighted by Gasteiger charge is 2.18. The molecule has 25 heavy (non-hydrogen) atoms. The lowest BCUT2D eigenvalue weighted by Crippen LogP contribution is -2.14. The Morgan fingerprint density at radius 3 is 2.48 bits per heavy atom. The molecule has 0 aliphatic rings. The van der Waals surface area contributed by atoms with Gasteiger partial charge in [-0.05, 0) is 36.8 Å². The van der Waals surface area contributed by atoms with Gasteiger partial charge in [-0.3, -0.25) is 14.3 Å². The molecule has 132 valence electrons. The van der Waals surface area contributed by atoms with Crippen molar-refractivity contribution in [3.63, 3.8) is 0 Å². The molecule has 0 spiro atoms. The van der Waals surface area contributed by atoms with Crippen molar-refractivity contribution in [3.05, 3.63) is 58.6 Å². The van der Waals surface area contributed by atoms with Crippen molar-refractivity contribution < 1.29 is 23.1 Å². The Bertz CT molecular complexity index is 924. The van der Waals surface area contributed by atoms with Crippen molar-refractivity contribution in [2.45, 2.75) is 24.7 Å². The molecule has 0 amide bonds. The number of carboxylic acids is 1. The predicted molar refractivity (Wildman–Crippen MR) is 94.6 cm³/mol. The van der Waals surface area contributed by atoms with Crippen LogP contribution in [0, 0.1) is 6.92 Å². The van der Waals surface area contributed by atoms with E-state index in [1.54, 1.807) is 19.1 Å². The van der Waals surface area contributed by atoms with E-state index in [1.807, 2.05) is 0 Å². The lowest BCUT2D eigenvalue weighted by molar-refractivity contribution is -0.136. The average molecular weight is 382 g/mol. The van der Waals surface area contributed by atoms with Gasteiger partial charge in [-0.25, -0.2) is 8.42 Å². The van der Waals surface area contributed by atoms with Gasteiger partial charge in [-0.2, -0.15) is 0 Å². The topological polar surface area (TPSA) is 101 Å². The number of hydrogen-bond donors (Lipinski definition) is 2. The predicted octanol–water partition coefficient (Wildman–Crippen LogP) is 3.50. The van der Waals surface area contributed by atoms with Crippen LogP contribution in [0.4, 0.5) is 5.69 Å². The molecule has 0 bridgehead atoms. The maximum Gasteiger partial charge on any atom is 0.303 e. The fourth-order valence-corrected chi connectivity index (χ4v) is 3.80. The molecule has 0 fully saturated rings. The third-order valence-electron chi connectivity index (χ3n) is 3.38. The first-order valence-corrected chi connectivity index (χ1v) is 9.19. The van der Waals surface area contributed by atoms with Crippen molar-refractivity contribution in [2.24, 2.45) is 0 Å². The number of ketones is 1. The number of Topliss-reactive ketones (excluding diaryl/α,β-unsaturated/α-hetero) is 1. The Labute approximate surface area is 150 Å². The second-order valence-electron chi connectivity index (χ2n) is 5.44. The molecule has 2 aromatic carbocycles. The van der Waals surface area contributed by atoms with Gasteiger partial charge >= 0.3 is 5.97 Å². The first-order valence-electron chi connectivity index (χ1n) is 7.33. The van der Waals surface area contributed by atoms with Gasteiger partial charge in [0, 0.05) is 17.7 Å². The quantitative estimate of drug-likeness (QED) is 0.715. The van der Waals surface area contributed by atoms with Crippen LogP contribution in [-0.2, 0) is 14.8 Å². The normalized spacial score (nSPS) is 11.1. The molecular formula is C17H16ClNO5S.